The molecule has 19 heavy (non-hydrogen) atoms. The Kier molecular flexibility index (Phi) is 4.15. The molecule has 0 aliphatic rings. The van der Waals surface area contributed by atoms with Crippen molar-refractivity contribution in [3.8, 4) is 11.3 Å². The minimum absolute atomic E-state index is 0.805. The van der Waals surface area contributed by atoms with Crippen LogP contribution in [0.5, 0.6) is 0 Å². The number of hydrogen-bond donors (Lipinski definition) is 1. The second kappa shape index (κ2) is 5.83. The van der Waals surface area contributed by atoms with Crippen molar-refractivity contribution in [1.29, 1.82) is 0 Å². The van der Waals surface area contributed by atoms with E-state index in [0.29, 0.717) is 0 Å². The van der Waals surface area contributed by atoms with Crippen LogP contribution in [0, 0.1) is 20.8 Å². The molecule has 1 aromatic heterocycles. The van der Waals surface area contributed by atoms with Gasteiger partial charge in [-0.3, -0.25) is 0 Å². The molecule has 1 aromatic carbocycles. The summed E-state index contributed by atoms with van der Waals surface area (Å²) in [4.78, 5) is 9.08. The van der Waals surface area contributed by atoms with E-state index in [1.54, 1.807) is 0 Å². The van der Waals surface area contributed by atoms with E-state index in [1.165, 1.54) is 5.56 Å². The van der Waals surface area contributed by atoms with E-state index in [4.69, 9.17) is 0 Å². The minimum atomic E-state index is 0.805. The van der Waals surface area contributed by atoms with Gasteiger partial charge in [-0.15, -0.1) is 0 Å². The van der Waals surface area contributed by atoms with E-state index >= 15 is 0 Å². The molecular weight excluding hydrogens is 234 g/mol. The highest BCUT2D eigenvalue weighted by atomic mass is 15.0. The van der Waals surface area contributed by atoms with Gasteiger partial charge < -0.3 is 5.32 Å². The molecule has 1 heterocycles. The van der Waals surface area contributed by atoms with Gasteiger partial charge in [0.2, 0.25) is 0 Å². The zero-order valence-electron chi connectivity index (χ0n) is 12.1. The van der Waals surface area contributed by atoms with Crippen LogP contribution < -0.4 is 5.32 Å². The molecule has 0 saturated heterocycles. The molecule has 0 spiro atoms. The van der Waals surface area contributed by atoms with Gasteiger partial charge in [0, 0.05) is 17.7 Å². The third-order valence-corrected chi connectivity index (χ3v) is 3.13. The van der Waals surface area contributed by atoms with Crippen LogP contribution in [0.2, 0.25) is 0 Å². The first-order chi connectivity index (χ1) is 9.11. The number of aromatic nitrogens is 2. The summed E-state index contributed by atoms with van der Waals surface area (Å²) in [5.74, 6) is 1.75. The molecule has 3 nitrogen and oxygen atoms in total. The molecule has 0 atom stereocenters. The van der Waals surface area contributed by atoms with Crippen molar-refractivity contribution < 1.29 is 0 Å². The van der Waals surface area contributed by atoms with Crippen LogP contribution >= 0.6 is 0 Å². The average Bonchev–Trinajstić information content (AvgIpc) is 2.40. The molecule has 0 unspecified atom stereocenters. The van der Waals surface area contributed by atoms with E-state index < -0.39 is 0 Å². The van der Waals surface area contributed by atoms with Gasteiger partial charge in [-0.25, -0.2) is 9.97 Å². The predicted molar refractivity (Wildman–Crippen MR) is 80.5 cm³/mol. The van der Waals surface area contributed by atoms with Crippen LogP contribution in [0.15, 0.2) is 24.3 Å². The van der Waals surface area contributed by atoms with Crippen molar-refractivity contribution in [2.45, 2.75) is 34.1 Å². The SMILES string of the molecule is CCCNc1nc(C)nc(-c2ccc(C)cc2)c1C. The van der Waals surface area contributed by atoms with Crippen molar-refractivity contribution in [3.63, 3.8) is 0 Å². The van der Waals surface area contributed by atoms with E-state index in [1.807, 2.05) is 6.92 Å². The van der Waals surface area contributed by atoms with Gasteiger partial charge in [0.05, 0.1) is 5.69 Å². The van der Waals surface area contributed by atoms with Crippen molar-refractivity contribution in [3.05, 3.63) is 41.2 Å². The van der Waals surface area contributed by atoms with Crippen molar-refractivity contribution in [1.82, 2.24) is 9.97 Å². The van der Waals surface area contributed by atoms with Gasteiger partial charge in [0.15, 0.2) is 0 Å². The third kappa shape index (κ3) is 3.11. The molecule has 0 bridgehead atoms. The molecule has 2 rings (SSSR count). The molecule has 1 N–H and O–H groups in total. The van der Waals surface area contributed by atoms with Gasteiger partial charge in [0.1, 0.15) is 11.6 Å². The van der Waals surface area contributed by atoms with Crippen LogP contribution in [0.3, 0.4) is 0 Å². The summed E-state index contributed by atoms with van der Waals surface area (Å²) in [5, 5.41) is 3.37. The Balaban J connectivity index is 2.45. The van der Waals surface area contributed by atoms with Crippen LogP contribution in [0.25, 0.3) is 11.3 Å². The molecule has 0 saturated carbocycles. The van der Waals surface area contributed by atoms with Crippen molar-refractivity contribution in [2.24, 2.45) is 0 Å². The summed E-state index contributed by atoms with van der Waals surface area (Å²) in [6.45, 7) is 9.19. The molecule has 0 aliphatic carbocycles. The molecule has 100 valence electrons. The second-order valence-electron chi connectivity index (χ2n) is 4.89. The highest BCUT2D eigenvalue weighted by Gasteiger charge is 2.10. The van der Waals surface area contributed by atoms with E-state index in [0.717, 1.165) is 41.4 Å². The number of nitrogens with zero attached hydrogens (tertiary/aromatic N) is 2. The Bertz CT molecular complexity index is 559. The number of hydrogen-bond acceptors (Lipinski definition) is 3. The Morgan fingerprint density at radius 2 is 1.68 bits per heavy atom. The molecule has 3 heteroatoms. The lowest BCUT2D eigenvalue weighted by Crippen LogP contribution is -2.07. The molecule has 0 amide bonds. The van der Waals surface area contributed by atoms with Gasteiger partial charge in [0.25, 0.3) is 0 Å². The zero-order valence-corrected chi connectivity index (χ0v) is 12.1. The van der Waals surface area contributed by atoms with Crippen LogP contribution in [0.4, 0.5) is 5.82 Å². The van der Waals surface area contributed by atoms with Gasteiger partial charge in [-0.2, -0.15) is 0 Å². The molecule has 0 aliphatic heterocycles. The van der Waals surface area contributed by atoms with Gasteiger partial charge >= 0.3 is 0 Å². The molecule has 0 radical (unpaired) electrons. The average molecular weight is 255 g/mol. The fourth-order valence-electron chi connectivity index (χ4n) is 2.04. The number of nitrogens with one attached hydrogen (secondary N) is 1. The number of aryl methyl sites for hydroxylation is 2. The fourth-order valence-corrected chi connectivity index (χ4v) is 2.04. The number of anilines is 1. The summed E-state index contributed by atoms with van der Waals surface area (Å²) in [7, 11) is 0. The Morgan fingerprint density at radius 3 is 2.32 bits per heavy atom. The lowest BCUT2D eigenvalue weighted by Gasteiger charge is -2.12. The van der Waals surface area contributed by atoms with E-state index in [9.17, 15) is 0 Å². The smallest absolute Gasteiger partial charge is 0.133 e. The topological polar surface area (TPSA) is 37.8 Å². The first-order valence-corrected chi connectivity index (χ1v) is 6.78. The predicted octanol–water partition coefficient (Wildman–Crippen LogP) is 3.89. The largest absolute Gasteiger partial charge is 0.370 e. The minimum Gasteiger partial charge on any atom is -0.370 e. The number of benzene rings is 1. The van der Waals surface area contributed by atoms with Gasteiger partial charge in [-0.1, -0.05) is 36.8 Å². The summed E-state index contributed by atoms with van der Waals surface area (Å²) < 4.78 is 0. The first kappa shape index (κ1) is 13.5. The summed E-state index contributed by atoms with van der Waals surface area (Å²) in [5.41, 5.74) is 4.54. The molecular formula is C16H21N3. The zero-order chi connectivity index (χ0) is 13.8. The van der Waals surface area contributed by atoms with Crippen LogP contribution in [-0.2, 0) is 0 Å². The highest BCUT2D eigenvalue weighted by Crippen LogP contribution is 2.25. The fraction of sp³-hybridized carbons (Fsp3) is 0.375. The summed E-state index contributed by atoms with van der Waals surface area (Å²) >= 11 is 0. The van der Waals surface area contributed by atoms with Crippen molar-refractivity contribution in [2.75, 3.05) is 11.9 Å². The third-order valence-electron chi connectivity index (χ3n) is 3.13. The monoisotopic (exact) mass is 255 g/mol. The maximum atomic E-state index is 4.59. The van der Waals surface area contributed by atoms with E-state index in [-0.39, 0.29) is 0 Å². The Labute approximate surface area is 115 Å². The number of rotatable bonds is 4. The van der Waals surface area contributed by atoms with Crippen molar-refractivity contribution >= 4 is 5.82 Å². The van der Waals surface area contributed by atoms with E-state index in [2.05, 4.69) is 60.3 Å². The Morgan fingerprint density at radius 1 is 1.00 bits per heavy atom. The molecule has 2 aromatic rings. The first-order valence-electron chi connectivity index (χ1n) is 6.78. The lowest BCUT2D eigenvalue weighted by molar-refractivity contribution is 0.948. The maximum absolute atomic E-state index is 4.59. The standard InChI is InChI=1S/C16H21N3/c1-5-10-17-16-12(3)15(18-13(4)19-16)14-8-6-11(2)7-9-14/h6-9H,5,10H2,1-4H3,(H,17,18,19). The van der Waals surface area contributed by atoms with Crippen LogP contribution in [0.1, 0.15) is 30.3 Å². The van der Waals surface area contributed by atoms with Crippen LogP contribution in [-0.4, -0.2) is 16.5 Å². The lowest BCUT2D eigenvalue weighted by atomic mass is 10.1. The van der Waals surface area contributed by atoms with Gasteiger partial charge in [-0.05, 0) is 27.2 Å². The normalized spacial score (nSPS) is 10.5. The quantitative estimate of drug-likeness (QED) is 0.900. The Hall–Kier alpha value is -1.90. The second-order valence-corrected chi connectivity index (χ2v) is 4.89. The summed E-state index contributed by atoms with van der Waals surface area (Å²) in [6.07, 6.45) is 1.09. The highest BCUT2D eigenvalue weighted by molar-refractivity contribution is 5.68. The summed E-state index contributed by atoms with van der Waals surface area (Å²) in [6, 6.07) is 8.47. The molecule has 0 fully saturated rings. The maximum Gasteiger partial charge on any atom is 0.133 e.